The molecule has 3 atom stereocenters. The van der Waals surface area contributed by atoms with Crippen LogP contribution in [0.3, 0.4) is 0 Å². The number of carbonyl (C=O) groups is 1. The summed E-state index contributed by atoms with van der Waals surface area (Å²) in [5.74, 6) is -0.0353. The van der Waals surface area contributed by atoms with Gasteiger partial charge < -0.3 is 14.4 Å². The van der Waals surface area contributed by atoms with Crippen LogP contribution in [-0.2, 0) is 9.47 Å². The van der Waals surface area contributed by atoms with E-state index in [1.165, 1.54) is 0 Å². The summed E-state index contributed by atoms with van der Waals surface area (Å²) >= 11 is 0. The number of amides is 1. The molecular formula is C16H23N3O3. The van der Waals surface area contributed by atoms with Gasteiger partial charge >= 0.3 is 0 Å². The fourth-order valence-corrected chi connectivity index (χ4v) is 3.27. The number of aryl methyl sites for hydroxylation is 1. The molecule has 2 saturated heterocycles. The van der Waals surface area contributed by atoms with Crippen molar-refractivity contribution in [2.24, 2.45) is 0 Å². The van der Waals surface area contributed by atoms with Crippen molar-refractivity contribution in [3.8, 4) is 0 Å². The molecule has 2 aliphatic heterocycles. The number of hydrogen-bond donors (Lipinski definition) is 0. The first-order valence-electron chi connectivity index (χ1n) is 8.02. The van der Waals surface area contributed by atoms with Crippen LogP contribution in [0.1, 0.15) is 42.4 Å². The Morgan fingerprint density at radius 1 is 1.36 bits per heavy atom. The van der Waals surface area contributed by atoms with Gasteiger partial charge in [0.1, 0.15) is 5.69 Å². The second kappa shape index (κ2) is 6.71. The van der Waals surface area contributed by atoms with Gasteiger partial charge in [-0.2, -0.15) is 0 Å². The van der Waals surface area contributed by atoms with Gasteiger partial charge in [0.2, 0.25) is 0 Å². The number of hydrogen-bond acceptors (Lipinski definition) is 5. The van der Waals surface area contributed by atoms with E-state index in [4.69, 9.17) is 9.47 Å². The van der Waals surface area contributed by atoms with Crippen molar-refractivity contribution in [2.45, 2.75) is 51.4 Å². The first kappa shape index (κ1) is 15.4. The zero-order valence-corrected chi connectivity index (χ0v) is 13.2. The Balaban J connectivity index is 1.63. The fraction of sp³-hybridized carbons (Fsp3) is 0.688. The first-order chi connectivity index (χ1) is 10.7. The molecule has 6 heteroatoms. The second-order valence-electron chi connectivity index (χ2n) is 5.93. The molecule has 0 spiro atoms. The highest BCUT2D eigenvalue weighted by Gasteiger charge is 2.42. The van der Waals surface area contributed by atoms with E-state index in [0.29, 0.717) is 18.9 Å². The summed E-state index contributed by atoms with van der Waals surface area (Å²) in [5.41, 5.74) is 1.23. The second-order valence-corrected chi connectivity index (χ2v) is 5.93. The summed E-state index contributed by atoms with van der Waals surface area (Å²) in [4.78, 5) is 22.9. The van der Waals surface area contributed by atoms with Crippen molar-refractivity contribution in [3.05, 3.63) is 23.8 Å². The van der Waals surface area contributed by atoms with E-state index >= 15 is 0 Å². The lowest BCUT2D eigenvalue weighted by Gasteiger charge is -2.35. The Morgan fingerprint density at radius 2 is 2.23 bits per heavy atom. The highest BCUT2D eigenvalue weighted by molar-refractivity contribution is 5.92. The molecule has 1 aromatic heterocycles. The lowest BCUT2D eigenvalue weighted by atomic mass is 9.99. The number of nitrogens with zero attached hydrogens (tertiary/aromatic N) is 3. The van der Waals surface area contributed by atoms with Crippen LogP contribution in [0.4, 0.5) is 0 Å². The third-order valence-corrected chi connectivity index (χ3v) is 4.40. The van der Waals surface area contributed by atoms with Gasteiger partial charge in [-0.25, -0.2) is 4.98 Å². The van der Waals surface area contributed by atoms with Gasteiger partial charge in [0, 0.05) is 19.3 Å². The molecule has 1 amide bonds. The van der Waals surface area contributed by atoms with Gasteiger partial charge in [0.25, 0.3) is 5.91 Å². The molecule has 0 bridgehead atoms. The van der Waals surface area contributed by atoms with E-state index in [-0.39, 0.29) is 24.2 Å². The molecule has 3 rings (SSSR count). The normalized spacial score (nSPS) is 27.7. The van der Waals surface area contributed by atoms with Gasteiger partial charge in [-0.15, -0.1) is 0 Å². The molecule has 0 radical (unpaired) electrons. The molecule has 22 heavy (non-hydrogen) atoms. The Bertz CT molecular complexity index is 520. The lowest BCUT2D eigenvalue weighted by Crippen LogP contribution is -2.46. The van der Waals surface area contributed by atoms with Crippen molar-refractivity contribution < 1.29 is 14.3 Å². The zero-order valence-electron chi connectivity index (χ0n) is 13.2. The molecule has 120 valence electrons. The van der Waals surface area contributed by atoms with Crippen LogP contribution >= 0.6 is 0 Å². The van der Waals surface area contributed by atoms with Crippen molar-refractivity contribution in [2.75, 3.05) is 19.8 Å². The average molecular weight is 305 g/mol. The van der Waals surface area contributed by atoms with E-state index in [2.05, 4.69) is 9.97 Å². The average Bonchev–Trinajstić information content (AvgIpc) is 2.96. The lowest BCUT2D eigenvalue weighted by molar-refractivity contribution is -0.0951. The Morgan fingerprint density at radius 3 is 2.95 bits per heavy atom. The third-order valence-electron chi connectivity index (χ3n) is 4.40. The van der Waals surface area contributed by atoms with E-state index in [1.54, 1.807) is 12.4 Å². The van der Waals surface area contributed by atoms with Crippen LogP contribution in [0.15, 0.2) is 12.4 Å². The smallest absolute Gasteiger partial charge is 0.274 e. The van der Waals surface area contributed by atoms with Gasteiger partial charge in [-0.3, -0.25) is 9.78 Å². The highest BCUT2D eigenvalue weighted by Crippen LogP contribution is 2.32. The molecule has 0 N–H and O–H groups in total. The molecule has 0 saturated carbocycles. The minimum Gasteiger partial charge on any atom is -0.379 e. The maximum absolute atomic E-state index is 12.6. The fourth-order valence-electron chi connectivity index (χ4n) is 3.27. The van der Waals surface area contributed by atoms with Crippen LogP contribution in [0.5, 0.6) is 0 Å². The van der Waals surface area contributed by atoms with Crippen LogP contribution < -0.4 is 0 Å². The van der Waals surface area contributed by atoms with Crippen LogP contribution in [0.25, 0.3) is 0 Å². The molecule has 2 aliphatic rings. The van der Waals surface area contributed by atoms with Crippen molar-refractivity contribution in [1.82, 2.24) is 14.9 Å². The van der Waals surface area contributed by atoms with E-state index in [0.717, 1.165) is 31.5 Å². The number of fused-ring (bicyclic) bond motifs is 1. The minimum atomic E-state index is -0.0353. The summed E-state index contributed by atoms with van der Waals surface area (Å²) in [6.07, 6.45) is 6.27. The minimum absolute atomic E-state index is 0.0353. The maximum atomic E-state index is 12.6. The summed E-state index contributed by atoms with van der Waals surface area (Å²) in [5, 5.41) is 0. The number of likely N-dealkylation sites (tertiary alicyclic amines) is 1. The third kappa shape index (κ3) is 3.13. The SMILES string of the molecule is CCOC[C@H]1CC[C@H]2[C@H](CCN2C(=O)c2cnc(C)cn2)O1. The van der Waals surface area contributed by atoms with Crippen molar-refractivity contribution >= 4 is 5.91 Å². The van der Waals surface area contributed by atoms with E-state index in [9.17, 15) is 4.79 Å². The molecule has 0 unspecified atom stereocenters. The molecule has 0 aromatic carbocycles. The predicted octanol–water partition coefficient (Wildman–Crippen LogP) is 1.58. The molecule has 3 heterocycles. The number of rotatable bonds is 4. The van der Waals surface area contributed by atoms with E-state index in [1.807, 2.05) is 18.7 Å². The van der Waals surface area contributed by atoms with Crippen LogP contribution in [0.2, 0.25) is 0 Å². The topological polar surface area (TPSA) is 64.5 Å². The van der Waals surface area contributed by atoms with Crippen molar-refractivity contribution in [3.63, 3.8) is 0 Å². The Hall–Kier alpha value is -1.53. The first-order valence-corrected chi connectivity index (χ1v) is 8.02. The Kier molecular flexibility index (Phi) is 4.69. The van der Waals surface area contributed by atoms with Gasteiger partial charge in [0.15, 0.2) is 0 Å². The monoisotopic (exact) mass is 305 g/mol. The van der Waals surface area contributed by atoms with Crippen molar-refractivity contribution in [1.29, 1.82) is 0 Å². The summed E-state index contributed by atoms with van der Waals surface area (Å²) in [6.45, 7) is 5.94. The number of carbonyl (C=O) groups excluding carboxylic acids is 1. The van der Waals surface area contributed by atoms with Gasteiger partial charge in [-0.1, -0.05) is 0 Å². The standard InChI is InChI=1S/C16H23N3O3/c1-3-21-10-12-4-5-14-15(22-12)6-7-19(14)16(20)13-9-17-11(2)8-18-13/h8-9,12,14-15H,3-7,10H2,1-2H3/t12-,14+,15+/m1/s1. The van der Waals surface area contributed by atoms with Gasteiger partial charge in [-0.05, 0) is 33.1 Å². The number of aromatic nitrogens is 2. The highest BCUT2D eigenvalue weighted by atomic mass is 16.5. The number of ether oxygens (including phenoxy) is 2. The van der Waals surface area contributed by atoms with Crippen LogP contribution in [0, 0.1) is 6.92 Å². The quantitative estimate of drug-likeness (QED) is 0.845. The molecule has 1 aromatic rings. The molecule has 0 aliphatic carbocycles. The van der Waals surface area contributed by atoms with E-state index < -0.39 is 0 Å². The summed E-state index contributed by atoms with van der Waals surface area (Å²) in [7, 11) is 0. The largest absolute Gasteiger partial charge is 0.379 e. The summed E-state index contributed by atoms with van der Waals surface area (Å²) in [6, 6.07) is 0.161. The molecule has 6 nitrogen and oxygen atoms in total. The van der Waals surface area contributed by atoms with Crippen LogP contribution in [-0.4, -0.2) is 58.8 Å². The zero-order chi connectivity index (χ0) is 15.5. The Labute approximate surface area is 130 Å². The molecular weight excluding hydrogens is 282 g/mol. The maximum Gasteiger partial charge on any atom is 0.274 e. The van der Waals surface area contributed by atoms with Gasteiger partial charge in [0.05, 0.1) is 36.7 Å². The molecule has 2 fully saturated rings. The predicted molar refractivity (Wildman–Crippen MR) is 80.6 cm³/mol. The summed E-state index contributed by atoms with van der Waals surface area (Å²) < 4.78 is 11.5.